The number of rotatable bonds is 5. The standard InChI is InChI=1S/C15H16N4O5/c1-8(13-17-18-14(24-13)10-6-11(16)7-10)23-15(20)9-2-4-12(5-3-9)19(21)22/h2-5,8,10-11H,6-7,16H2,1H3/t8-,10?,11?/m0/s1. The maximum absolute atomic E-state index is 12.1. The van der Waals surface area contributed by atoms with Crippen molar-refractivity contribution in [3.05, 3.63) is 51.7 Å². The molecule has 1 atom stereocenters. The van der Waals surface area contributed by atoms with Gasteiger partial charge in [0.05, 0.1) is 10.5 Å². The summed E-state index contributed by atoms with van der Waals surface area (Å²) in [6, 6.07) is 5.32. The van der Waals surface area contributed by atoms with Gasteiger partial charge in [-0.15, -0.1) is 10.2 Å². The number of nitro groups is 1. The van der Waals surface area contributed by atoms with Crippen LogP contribution in [0.1, 0.15) is 53.9 Å². The number of benzene rings is 1. The molecule has 1 aromatic heterocycles. The Labute approximate surface area is 137 Å². The molecule has 2 aromatic rings. The van der Waals surface area contributed by atoms with Crippen LogP contribution in [0.15, 0.2) is 28.7 Å². The first-order valence-corrected chi connectivity index (χ1v) is 7.48. The molecule has 24 heavy (non-hydrogen) atoms. The minimum absolute atomic E-state index is 0.0974. The van der Waals surface area contributed by atoms with Crippen molar-refractivity contribution in [3.8, 4) is 0 Å². The highest BCUT2D eigenvalue weighted by Gasteiger charge is 2.32. The zero-order chi connectivity index (χ0) is 17.3. The summed E-state index contributed by atoms with van der Waals surface area (Å²) in [6.07, 6.45) is 0.889. The van der Waals surface area contributed by atoms with Gasteiger partial charge in [0.1, 0.15) is 0 Å². The van der Waals surface area contributed by atoms with Crippen LogP contribution in [0.25, 0.3) is 0 Å². The maximum atomic E-state index is 12.1. The minimum Gasteiger partial charge on any atom is -0.449 e. The van der Waals surface area contributed by atoms with Gasteiger partial charge in [-0.05, 0) is 31.9 Å². The number of nitrogens with two attached hydrogens (primary N) is 1. The quantitative estimate of drug-likeness (QED) is 0.499. The summed E-state index contributed by atoms with van der Waals surface area (Å²) in [5, 5.41) is 18.5. The van der Waals surface area contributed by atoms with Gasteiger partial charge in [0, 0.05) is 24.1 Å². The van der Waals surface area contributed by atoms with Crippen LogP contribution in [0, 0.1) is 10.1 Å². The van der Waals surface area contributed by atoms with E-state index in [0.29, 0.717) is 5.89 Å². The van der Waals surface area contributed by atoms with E-state index in [-0.39, 0.29) is 29.1 Å². The number of nitro benzene ring substituents is 1. The van der Waals surface area contributed by atoms with Crippen molar-refractivity contribution in [2.75, 3.05) is 0 Å². The van der Waals surface area contributed by atoms with Crippen LogP contribution >= 0.6 is 0 Å². The molecule has 1 aliphatic rings. The zero-order valence-electron chi connectivity index (χ0n) is 12.9. The van der Waals surface area contributed by atoms with Crippen molar-refractivity contribution >= 4 is 11.7 Å². The highest BCUT2D eigenvalue weighted by molar-refractivity contribution is 5.89. The van der Waals surface area contributed by atoms with Crippen molar-refractivity contribution in [2.24, 2.45) is 5.73 Å². The summed E-state index contributed by atoms with van der Waals surface area (Å²) in [6.45, 7) is 1.62. The SMILES string of the molecule is C[C@H](OC(=O)c1ccc([N+](=O)[O-])cc1)c1nnc(C2CC(N)C2)o1. The minimum atomic E-state index is -0.720. The van der Waals surface area contributed by atoms with E-state index in [0.717, 1.165) is 12.8 Å². The Hall–Kier alpha value is -2.81. The van der Waals surface area contributed by atoms with Gasteiger partial charge in [0.15, 0.2) is 6.10 Å². The Morgan fingerprint density at radius 3 is 2.62 bits per heavy atom. The molecule has 1 aliphatic carbocycles. The molecule has 0 amide bonds. The van der Waals surface area contributed by atoms with Gasteiger partial charge in [-0.3, -0.25) is 10.1 Å². The van der Waals surface area contributed by atoms with Crippen LogP contribution in [-0.2, 0) is 4.74 Å². The summed E-state index contributed by atoms with van der Waals surface area (Å²) in [5.41, 5.74) is 5.84. The average molecular weight is 332 g/mol. The number of aromatic nitrogens is 2. The number of non-ortho nitro benzene ring substituents is 1. The number of hydrogen-bond donors (Lipinski definition) is 1. The fraction of sp³-hybridized carbons (Fsp3) is 0.400. The Morgan fingerprint density at radius 2 is 2.04 bits per heavy atom. The first-order valence-electron chi connectivity index (χ1n) is 7.48. The lowest BCUT2D eigenvalue weighted by Crippen LogP contribution is -2.34. The van der Waals surface area contributed by atoms with Crippen LogP contribution in [0.2, 0.25) is 0 Å². The average Bonchev–Trinajstić information content (AvgIpc) is 3.01. The summed E-state index contributed by atoms with van der Waals surface area (Å²) < 4.78 is 10.8. The Balaban J connectivity index is 1.62. The van der Waals surface area contributed by atoms with Gasteiger partial charge in [0.2, 0.25) is 5.89 Å². The van der Waals surface area contributed by atoms with E-state index in [4.69, 9.17) is 14.9 Å². The van der Waals surface area contributed by atoms with E-state index in [9.17, 15) is 14.9 Å². The molecule has 0 saturated heterocycles. The molecule has 0 aliphatic heterocycles. The summed E-state index contributed by atoms with van der Waals surface area (Å²) >= 11 is 0. The molecule has 3 rings (SSSR count). The highest BCUT2D eigenvalue weighted by atomic mass is 16.6. The molecule has 0 unspecified atom stereocenters. The lowest BCUT2D eigenvalue weighted by atomic mass is 9.81. The van der Waals surface area contributed by atoms with E-state index in [1.54, 1.807) is 6.92 Å². The Kier molecular flexibility index (Phi) is 4.26. The normalized spacial score (nSPS) is 20.9. The van der Waals surface area contributed by atoms with Crippen LogP contribution < -0.4 is 5.73 Å². The van der Waals surface area contributed by atoms with Gasteiger partial charge >= 0.3 is 5.97 Å². The summed E-state index contributed by atoms with van der Waals surface area (Å²) in [7, 11) is 0. The van der Waals surface area contributed by atoms with Crippen LogP contribution in [0.4, 0.5) is 5.69 Å². The monoisotopic (exact) mass is 332 g/mol. The largest absolute Gasteiger partial charge is 0.449 e. The van der Waals surface area contributed by atoms with Crippen molar-refractivity contribution < 1.29 is 18.9 Å². The summed E-state index contributed by atoms with van der Waals surface area (Å²) in [5.74, 6) is 0.257. The van der Waals surface area contributed by atoms with Gasteiger partial charge in [0.25, 0.3) is 11.6 Å². The number of esters is 1. The number of hydrogen-bond acceptors (Lipinski definition) is 8. The first kappa shape index (κ1) is 16.1. The Bertz CT molecular complexity index is 751. The number of ether oxygens (including phenoxy) is 1. The zero-order valence-corrected chi connectivity index (χ0v) is 12.9. The molecule has 1 heterocycles. The molecular weight excluding hydrogens is 316 g/mol. The topological polar surface area (TPSA) is 134 Å². The second-order valence-electron chi connectivity index (χ2n) is 5.76. The van der Waals surface area contributed by atoms with E-state index < -0.39 is 17.0 Å². The van der Waals surface area contributed by atoms with E-state index in [1.807, 2.05) is 0 Å². The van der Waals surface area contributed by atoms with Crippen molar-refractivity contribution in [2.45, 2.75) is 37.8 Å². The van der Waals surface area contributed by atoms with Crippen molar-refractivity contribution in [3.63, 3.8) is 0 Å². The molecule has 1 saturated carbocycles. The predicted octanol–water partition coefficient (Wildman–Crippen LogP) is 2.10. The molecule has 0 bridgehead atoms. The fourth-order valence-electron chi connectivity index (χ4n) is 2.44. The molecule has 0 spiro atoms. The lowest BCUT2D eigenvalue weighted by Gasteiger charge is -2.29. The molecule has 1 fully saturated rings. The number of nitrogens with zero attached hydrogens (tertiary/aromatic N) is 3. The maximum Gasteiger partial charge on any atom is 0.338 e. The van der Waals surface area contributed by atoms with E-state index in [1.165, 1.54) is 24.3 Å². The third kappa shape index (κ3) is 3.25. The molecular formula is C15H16N4O5. The third-order valence-electron chi connectivity index (χ3n) is 3.93. The number of carbonyl (C=O) groups excluding carboxylic acids is 1. The highest BCUT2D eigenvalue weighted by Crippen LogP contribution is 2.35. The first-order chi connectivity index (χ1) is 11.4. The molecule has 2 N–H and O–H groups in total. The van der Waals surface area contributed by atoms with Crippen molar-refractivity contribution in [1.82, 2.24) is 10.2 Å². The predicted molar refractivity (Wildman–Crippen MR) is 81.2 cm³/mol. The van der Waals surface area contributed by atoms with Gasteiger partial charge in [-0.25, -0.2) is 4.79 Å². The molecule has 0 radical (unpaired) electrons. The molecule has 126 valence electrons. The smallest absolute Gasteiger partial charge is 0.338 e. The molecule has 9 nitrogen and oxygen atoms in total. The van der Waals surface area contributed by atoms with Gasteiger partial charge < -0.3 is 14.9 Å². The van der Waals surface area contributed by atoms with Gasteiger partial charge in [-0.2, -0.15) is 0 Å². The molecule has 9 heteroatoms. The van der Waals surface area contributed by atoms with E-state index >= 15 is 0 Å². The van der Waals surface area contributed by atoms with Crippen LogP contribution in [-0.4, -0.2) is 27.1 Å². The number of carbonyl (C=O) groups is 1. The molecule has 1 aromatic carbocycles. The second-order valence-corrected chi connectivity index (χ2v) is 5.76. The van der Waals surface area contributed by atoms with E-state index in [2.05, 4.69) is 10.2 Å². The second kappa shape index (κ2) is 6.36. The lowest BCUT2D eigenvalue weighted by molar-refractivity contribution is -0.384. The third-order valence-corrected chi connectivity index (χ3v) is 3.93. The summed E-state index contributed by atoms with van der Waals surface area (Å²) in [4.78, 5) is 22.1. The van der Waals surface area contributed by atoms with Crippen LogP contribution in [0.5, 0.6) is 0 Å². The van der Waals surface area contributed by atoms with Gasteiger partial charge in [-0.1, -0.05) is 0 Å². The van der Waals surface area contributed by atoms with Crippen LogP contribution in [0.3, 0.4) is 0 Å². The van der Waals surface area contributed by atoms with Crippen molar-refractivity contribution in [1.29, 1.82) is 0 Å². The fourth-order valence-corrected chi connectivity index (χ4v) is 2.44. The Morgan fingerprint density at radius 1 is 1.38 bits per heavy atom.